The van der Waals surface area contributed by atoms with E-state index in [1.807, 2.05) is 19.1 Å². The molecule has 0 aromatic carbocycles. The number of aryl methyl sites for hydroxylation is 1. The Kier molecular flexibility index (Phi) is 2.36. The van der Waals surface area contributed by atoms with Crippen LogP contribution in [0.1, 0.15) is 31.0 Å². The van der Waals surface area contributed by atoms with Crippen LogP contribution in [0.3, 0.4) is 0 Å². The molecule has 1 aromatic heterocycles. The topological polar surface area (TPSA) is 48.7 Å². The molecular formula is C12H15N3. The number of hydrogen-bond acceptors (Lipinski definition) is 3. The van der Waals surface area contributed by atoms with Gasteiger partial charge in [-0.15, -0.1) is 0 Å². The van der Waals surface area contributed by atoms with Crippen LogP contribution >= 0.6 is 0 Å². The molecule has 15 heavy (non-hydrogen) atoms. The molecule has 78 valence electrons. The van der Waals surface area contributed by atoms with Gasteiger partial charge in [0.2, 0.25) is 0 Å². The van der Waals surface area contributed by atoms with Gasteiger partial charge in [-0.05, 0) is 37.3 Å². The molecule has 0 saturated heterocycles. The third kappa shape index (κ3) is 2.27. The summed E-state index contributed by atoms with van der Waals surface area (Å²) in [6.07, 6.45) is 2.54. The first-order valence-corrected chi connectivity index (χ1v) is 5.25. The van der Waals surface area contributed by atoms with Crippen LogP contribution in [0.2, 0.25) is 0 Å². The summed E-state index contributed by atoms with van der Waals surface area (Å²) in [6.45, 7) is 5.10. The van der Waals surface area contributed by atoms with Crippen molar-refractivity contribution in [3.05, 3.63) is 23.4 Å². The highest BCUT2D eigenvalue weighted by Crippen LogP contribution is 2.44. The van der Waals surface area contributed by atoms with Gasteiger partial charge in [0.1, 0.15) is 11.9 Å². The van der Waals surface area contributed by atoms with Crippen molar-refractivity contribution in [3.63, 3.8) is 0 Å². The zero-order valence-electron chi connectivity index (χ0n) is 9.17. The lowest BCUT2D eigenvalue weighted by atomic mass is 10.1. The molecule has 3 nitrogen and oxygen atoms in total. The fourth-order valence-electron chi connectivity index (χ4n) is 1.47. The van der Waals surface area contributed by atoms with Crippen molar-refractivity contribution in [2.45, 2.75) is 26.7 Å². The molecule has 0 unspecified atom stereocenters. The number of aromatic nitrogens is 1. The lowest BCUT2D eigenvalue weighted by Gasteiger charge is -2.11. The van der Waals surface area contributed by atoms with Crippen molar-refractivity contribution in [2.24, 2.45) is 5.41 Å². The molecule has 1 heterocycles. The van der Waals surface area contributed by atoms with Gasteiger partial charge in [0.15, 0.2) is 0 Å². The third-order valence-electron chi connectivity index (χ3n) is 2.94. The Morgan fingerprint density at radius 2 is 2.27 bits per heavy atom. The number of anilines is 1. The monoisotopic (exact) mass is 201 g/mol. The highest BCUT2D eigenvalue weighted by atomic mass is 15.0. The normalized spacial score (nSPS) is 16.9. The molecule has 1 saturated carbocycles. The largest absolute Gasteiger partial charge is 0.368 e. The standard InChI is InChI=1S/C12H15N3/c1-9-3-4-10(7-13)11(15-9)14-8-12(2)5-6-12/h3-4H,5-6,8H2,1-2H3,(H,14,15). The van der Waals surface area contributed by atoms with Gasteiger partial charge in [0.05, 0.1) is 5.56 Å². The Hall–Kier alpha value is -1.56. The van der Waals surface area contributed by atoms with Crippen LogP contribution in [0.25, 0.3) is 0 Å². The summed E-state index contributed by atoms with van der Waals surface area (Å²) >= 11 is 0. The predicted molar refractivity (Wildman–Crippen MR) is 59.5 cm³/mol. The Morgan fingerprint density at radius 3 is 2.87 bits per heavy atom. The second-order valence-corrected chi connectivity index (χ2v) is 4.62. The predicted octanol–water partition coefficient (Wildman–Crippen LogP) is 2.47. The molecule has 0 amide bonds. The van der Waals surface area contributed by atoms with Gasteiger partial charge in [-0.1, -0.05) is 6.92 Å². The Morgan fingerprint density at radius 1 is 1.53 bits per heavy atom. The van der Waals surface area contributed by atoms with Crippen molar-refractivity contribution in [2.75, 3.05) is 11.9 Å². The van der Waals surface area contributed by atoms with Crippen LogP contribution in [0, 0.1) is 23.7 Å². The number of pyridine rings is 1. The number of nitrogens with one attached hydrogen (secondary N) is 1. The molecule has 1 aliphatic rings. The van der Waals surface area contributed by atoms with Crippen LogP contribution in [-0.4, -0.2) is 11.5 Å². The van der Waals surface area contributed by atoms with Gasteiger partial charge in [-0.25, -0.2) is 4.98 Å². The van der Waals surface area contributed by atoms with Crippen LogP contribution in [0.5, 0.6) is 0 Å². The summed E-state index contributed by atoms with van der Waals surface area (Å²) < 4.78 is 0. The molecule has 2 rings (SSSR count). The van der Waals surface area contributed by atoms with Crippen molar-refractivity contribution in [3.8, 4) is 6.07 Å². The van der Waals surface area contributed by atoms with Crippen LogP contribution in [-0.2, 0) is 0 Å². The summed E-state index contributed by atoms with van der Waals surface area (Å²) in [6, 6.07) is 5.84. The Bertz CT molecular complexity index is 413. The smallest absolute Gasteiger partial charge is 0.144 e. The van der Waals surface area contributed by atoms with Gasteiger partial charge in [-0.3, -0.25) is 0 Å². The van der Waals surface area contributed by atoms with E-state index in [4.69, 9.17) is 5.26 Å². The second kappa shape index (κ2) is 3.54. The van der Waals surface area contributed by atoms with Crippen molar-refractivity contribution in [1.82, 2.24) is 4.98 Å². The molecule has 1 aliphatic carbocycles. The molecule has 1 N–H and O–H groups in total. The lowest BCUT2D eigenvalue weighted by Crippen LogP contribution is -2.13. The van der Waals surface area contributed by atoms with Crippen molar-refractivity contribution < 1.29 is 0 Å². The van der Waals surface area contributed by atoms with Crippen molar-refractivity contribution in [1.29, 1.82) is 5.26 Å². The average molecular weight is 201 g/mol. The minimum Gasteiger partial charge on any atom is -0.368 e. The van der Waals surface area contributed by atoms with E-state index in [9.17, 15) is 0 Å². The van der Waals surface area contributed by atoms with Gasteiger partial charge in [0, 0.05) is 12.2 Å². The zero-order chi connectivity index (χ0) is 10.9. The third-order valence-corrected chi connectivity index (χ3v) is 2.94. The first kappa shape index (κ1) is 9.97. The summed E-state index contributed by atoms with van der Waals surface area (Å²) in [5.41, 5.74) is 2.00. The van der Waals surface area contributed by atoms with Gasteiger partial charge in [0.25, 0.3) is 0 Å². The highest BCUT2D eigenvalue weighted by Gasteiger charge is 2.36. The number of hydrogen-bond donors (Lipinski definition) is 1. The summed E-state index contributed by atoms with van der Waals surface area (Å²) in [5, 5.41) is 12.2. The molecule has 3 heteroatoms. The summed E-state index contributed by atoms with van der Waals surface area (Å²) in [7, 11) is 0. The van der Waals surface area contributed by atoms with E-state index in [1.54, 1.807) is 0 Å². The van der Waals surface area contributed by atoms with Crippen LogP contribution in [0.15, 0.2) is 12.1 Å². The molecule has 0 aliphatic heterocycles. The molecule has 0 bridgehead atoms. The molecule has 0 radical (unpaired) electrons. The number of rotatable bonds is 3. The fourth-order valence-corrected chi connectivity index (χ4v) is 1.47. The molecule has 1 fully saturated rings. The van der Waals surface area contributed by atoms with E-state index >= 15 is 0 Å². The minimum absolute atomic E-state index is 0.429. The van der Waals surface area contributed by atoms with Crippen LogP contribution in [0.4, 0.5) is 5.82 Å². The molecule has 0 spiro atoms. The number of nitrogens with zero attached hydrogens (tertiary/aromatic N) is 2. The fraction of sp³-hybridized carbons (Fsp3) is 0.500. The highest BCUT2D eigenvalue weighted by molar-refractivity contribution is 5.52. The molecule has 1 aromatic rings. The average Bonchev–Trinajstić information content (AvgIpc) is 2.95. The van der Waals surface area contributed by atoms with Gasteiger partial charge in [-0.2, -0.15) is 5.26 Å². The van der Waals surface area contributed by atoms with Crippen LogP contribution < -0.4 is 5.32 Å². The quantitative estimate of drug-likeness (QED) is 0.817. The minimum atomic E-state index is 0.429. The Labute approximate surface area is 90.1 Å². The number of nitriles is 1. The van der Waals surface area contributed by atoms with E-state index in [1.165, 1.54) is 12.8 Å². The van der Waals surface area contributed by atoms with Gasteiger partial charge >= 0.3 is 0 Å². The SMILES string of the molecule is Cc1ccc(C#N)c(NCC2(C)CC2)n1. The summed E-state index contributed by atoms with van der Waals surface area (Å²) in [5.74, 6) is 0.727. The van der Waals surface area contributed by atoms with E-state index < -0.39 is 0 Å². The maximum Gasteiger partial charge on any atom is 0.144 e. The zero-order valence-corrected chi connectivity index (χ0v) is 9.17. The van der Waals surface area contributed by atoms with E-state index in [-0.39, 0.29) is 0 Å². The molecular weight excluding hydrogens is 186 g/mol. The molecule has 0 atom stereocenters. The summed E-state index contributed by atoms with van der Waals surface area (Å²) in [4.78, 5) is 4.34. The first-order valence-electron chi connectivity index (χ1n) is 5.25. The maximum atomic E-state index is 8.92. The Balaban J connectivity index is 2.12. The lowest BCUT2D eigenvalue weighted by molar-refractivity contribution is 0.609. The van der Waals surface area contributed by atoms with Gasteiger partial charge < -0.3 is 5.32 Å². The van der Waals surface area contributed by atoms with Crippen molar-refractivity contribution >= 4 is 5.82 Å². The van der Waals surface area contributed by atoms with E-state index in [0.29, 0.717) is 11.0 Å². The second-order valence-electron chi connectivity index (χ2n) is 4.62. The first-order chi connectivity index (χ1) is 7.13. The van der Waals surface area contributed by atoms with E-state index in [2.05, 4.69) is 23.3 Å². The maximum absolute atomic E-state index is 8.92. The van der Waals surface area contributed by atoms with E-state index in [0.717, 1.165) is 18.1 Å².